The lowest BCUT2D eigenvalue weighted by Gasteiger charge is -2.25. The predicted molar refractivity (Wildman–Crippen MR) is 139 cm³/mol. The SMILES string of the molecule is CC(C)(C)Cc1cc(C(C)(C)C)ccc1CNC(=S)NCc1ccc(NS(C)(=O)=O)cc1. The molecule has 5 nitrogen and oxygen atoms in total. The summed E-state index contributed by atoms with van der Waals surface area (Å²) >= 11 is 5.47. The van der Waals surface area contributed by atoms with Crippen molar-refractivity contribution >= 4 is 33.0 Å². The third-order valence-electron chi connectivity index (χ3n) is 4.94. The lowest BCUT2D eigenvalue weighted by molar-refractivity contribution is 0.409. The topological polar surface area (TPSA) is 70.2 Å². The molecule has 176 valence electrons. The molecule has 0 atom stereocenters. The Kier molecular flexibility index (Phi) is 8.34. The normalized spacial score (nSPS) is 12.3. The van der Waals surface area contributed by atoms with Crippen LogP contribution in [0.15, 0.2) is 42.5 Å². The van der Waals surface area contributed by atoms with Crippen LogP contribution in [0.5, 0.6) is 0 Å². The van der Waals surface area contributed by atoms with Gasteiger partial charge in [-0.05, 0) is 63.9 Å². The summed E-state index contributed by atoms with van der Waals surface area (Å²) in [5, 5.41) is 7.13. The zero-order chi connectivity index (χ0) is 24.2. The van der Waals surface area contributed by atoms with Gasteiger partial charge in [0, 0.05) is 18.8 Å². The minimum absolute atomic E-state index is 0.113. The molecule has 0 fully saturated rings. The Morgan fingerprint density at radius 2 is 1.47 bits per heavy atom. The Bertz CT molecular complexity index is 1030. The van der Waals surface area contributed by atoms with E-state index >= 15 is 0 Å². The van der Waals surface area contributed by atoms with Crippen molar-refractivity contribution in [2.24, 2.45) is 5.41 Å². The molecule has 0 radical (unpaired) electrons. The largest absolute Gasteiger partial charge is 0.359 e. The predicted octanol–water partition coefficient (Wildman–Crippen LogP) is 5.11. The van der Waals surface area contributed by atoms with Gasteiger partial charge in [0.05, 0.1) is 6.26 Å². The van der Waals surface area contributed by atoms with Crippen molar-refractivity contribution in [1.29, 1.82) is 0 Å². The first-order valence-electron chi connectivity index (χ1n) is 10.8. The molecule has 0 bridgehead atoms. The van der Waals surface area contributed by atoms with Gasteiger partial charge >= 0.3 is 0 Å². The zero-order valence-corrected chi connectivity index (χ0v) is 21.9. The summed E-state index contributed by atoms with van der Waals surface area (Å²) in [6.07, 6.45) is 2.14. The molecule has 3 N–H and O–H groups in total. The van der Waals surface area contributed by atoms with Crippen molar-refractivity contribution < 1.29 is 8.42 Å². The van der Waals surface area contributed by atoms with E-state index in [1.54, 1.807) is 12.1 Å². The van der Waals surface area contributed by atoms with Gasteiger partial charge in [-0.3, -0.25) is 4.72 Å². The second-order valence-electron chi connectivity index (χ2n) is 10.6. The lowest BCUT2D eigenvalue weighted by atomic mass is 9.81. The molecular formula is C25H37N3O2S2. The van der Waals surface area contributed by atoms with Crippen LogP contribution in [0.25, 0.3) is 0 Å². The molecule has 0 saturated carbocycles. The highest BCUT2D eigenvalue weighted by molar-refractivity contribution is 7.92. The van der Waals surface area contributed by atoms with Gasteiger partial charge in [-0.1, -0.05) is 71.9 Å². The molecule has 0 aromatic heterocycles. The molecular weight excluding hydrogens is 438 g/mol. The molecule has 0 aliphatic carbocycles. The van der Waals surface area contributed by atoms with Gasteiger partial charge in [0.2, 0.25) is 10.0 Å². The van der Waals surface area contributed by atoms with Crippen LogP contribution < -0.4 is 15.4 Å². The van der Waals surface area contributed by atoms with E-state index < -0.39 is 10.0 Å². The van der Waals surface area contributed by atoms with E-state index in [0.717, 1.165) is 18.2 Å². The monoisotopic (exact) mass is 475 g/mol. The van der Waals surface area contributed by atoms with E-state index in [-0.39, 0.29) is 10.8 Å². The summed E-state index contributed by atoms with van der Waals surface area (Å²) in [4.78, 5) is 0. The summed E-state index contributed by atoms with van der Waals surface area (Å²) < 4.78 is 25.1. The quantitative estimate of drug-likeness (QED) is 0.486. The second kappa shape index (κ2) is 10.2. The molecule has 0 aliphatic rings. The van der Waals surface area contributed by atoms with Crippen LogP contribution in [-0.2, 0) is 34.9 Å². The molecule has 0 saturated heterocycles. The fourth-order valence-electron chi connectivity index (χ4n) is 3.33. The molecule has 2 rings (SSSR count). The van der Waals surface area contributed by atoms with Crippen molar-refractivity contribution in [1.82, 2.24) is 10.6 Å². The van der Waals surface area contributed by atoms with E-state index in [9.17, 15) is 8.42 Å². The average Bonchev–Trinajstić information content (AvgIpc) is 2.63. The maximum absolute atomic E-state index is 11.3. The number of hydrogen-bond acceptors (Lipinski definition) is 3. The Morgan fingerprint density at radius 1 is 0.875 bits per heavy atom. The minimum atomic E-state index is -3.27. The Labute approximate surface area is 199 Å². The summed E-state index contributed by atoms with van der Waals surface area (Å²) in [6.45, 7) is 14.7. The number of benzene rings is 2. The van der Waals surface area contributed by atoms with Gasteiger partial charge in [0.1, 0.15) is 0 Å². The fraction of sp³-hybridized carbons (Fsp3) is 0.480. The van der Waals surface area contributed by atoms with Crippen molar-refractivity contribution in [2.75, 3.05) is 11.0 Å². The van der Waals surface area contributed by atoms with Crippen molar-refractivity contribution in [2.45, 2.75) is 66.5 Å². The van der Waals surface area contributed by atoms with E-state index in [2.05, 4.69) is 75.1 Å². The van der Waals surface area contributed by atoms with Gasteiger partial charge in [-0.25, -0.2) is 8.42 Å². The number of anilines is 1. The Balaban J connectivity index is 1.98. The molecule has 0 amide bonds. The maximum Gasteiger partial charge on any atom is 0.229 e. The molecule has 2 aromatic rings. The van der Waals surface area contributed by atoms with E-state index in [4.69, 9.17) is 12.2 Å². The van der Waals surface area contributed by atoms with Crippen LogP contribution in [-0.4, -0.2) is 19.8 Å². The highest BCUT2D eigenvalue weighted by atomic mass is 32.2. The molecule has 0 aliphatic heterocycles. The fourth-order valence-corrected chi connectivity index (χ4v) is 4.03. The summed E-state index contributed by atoms with van der Waals surface area (Å²) in [6, 6.07) is 14.0. The number of nitrogens with one attached hydrogen (secondary N) is 3. The van der Waals surface area contributed by atoms with Crippen LogP contribution in [0.1, 0.15) is 63.8 Å². The van der Waals surface area contributed by atoms with Crippen LogP contribution in [0.4, 0.5) is 5.69 Å². The van der Waals surface area contributed by atoms with Crippen molar-refractivity contribution in [3.8, 4) is 0 Å². The highest BCUT2D eigenvalue weighted by Crippen LogP contribution is 2.29. The molecule has 32 heavy (non-hydrogen) atoms. The van der Waals surface area contributed by atoms with Crippen molar-refractivity contribution in [3.05, 3.63) is 64.7 Å². The number of rotatable bonds is 7. The van der Waals surface area contributed by atoms with Crippen molar-refractivity contribution in [3.63, 3.8) is 0 Å². The molecule has 0 unspecified atom stereocenters. The molecule has 0 heterocycles. The number of thiocarbonyl (C=S) groups is 1. The summed E-state index contributed by atoms with van der Waals surface area (Å²) in [5.41, 5.74) is 5.82. The Morgan fingerprint density at radius 3 is 2.00 bits per heavy atom. The first-order chi connectivity index (χ1) is 14.6. The standard InChI is InChI=1S/C25H37N3O2S2/c1-24(2,3)15-20-14-21(25(4,5)6)11-10-19(20)17-27-23(31)26-16-18-8-12-22(13-9-18)28-32(7,29)30/h8-14,28H,15-17H2,1-7H3,(H2,26,27,31). The lowest BCUT2D eigenvalue weighted by Crippen LogP contribution is -2.34. The molecule has 7 heteroatoms. The number of hydrogen-bond donors (Lipinski definition) is 3. The summed E-state index contributed by atoms with van der Waals surface area (Å²) in [5.74, 6) is 0. The van der Waals surface area contributed by atoms with E-state index in [1.165, 1.54) is 16.7 Å². The zero-order valence-electron chi connectivity index (χ0n) is 20.3. The third-order valence-corrected chi connectivity index (χ3v) is 5.84. The van der Waals surface area contributed by atoms with E-state index in [0.29, 0.717) is 23.9 Å². The van der Waals surface area contributed by atoms with Gasteiger partial charge in [-0.15, -0.1) is 0 Å². The first-order valence-corrected chi connectivity index (χ1v) is 13.1. The average molecular weight is 476 g/mol. The van der Waals surface area contributed by atoms with Crippen LogP contribution in [0.3, 0.4) is 0 Å². The smallest absolute Gasteiger partial charge is 0.229 e. The highest BCUT2D eigenvalue weighted by Gasteiger charge is 2.19. The van der Waals surface area contributed by atoms with Crippen LogP contribution in [0.2, 0.25) is 0 Å². The van der Waals surface area contributed by atoms with E-state index in [1.807, 2.05) is 12.1 Å². The van der Waals surface area contributed by atoms with Crippen LogP contribution in [0, 0.1) is 5.41 Å². The van der Waals surface area contributed by atoms with Gasteiger partial charge in [0.15, 0.2) is 5.11 Å². The van der Waals surface area contributed by atoms with Gasteiger partial charge in [-0.2, -0.15) is 0 Å². The minimum Gasteiger partial charge on any atom is -0.359 e. The van der Waals surface area contributed by atoms with Crippen LogP contribution >= 0.6 is 12.2 Å². The molecule has 2 aromatic carbocycles. The summed E-state index contributed by atoms with van der Waals surface area (Å²) in [7, 11) is -3.27. The van der Waals surface area contributed by atoms with Gasteiger partial charge < -0.3 is 10.6 Å². The van der Waals surface area contributed by atoms with Gasteiger partial charge in [0.25, 0.3) is 0 Å². The molecule has 0 spiro atoms. The first kappa shape index (κ1) is 26.1. The number of sulfonamides is 1. The maximum atomic E-state index is 11.3. The third kappa shape index (κ3) is 9.17. The second-order valence-corrected chi connectivity index (χ2v) is 12.7. The Hall–Kier alpha value is -2.12.